The summed E-state index contributed by atoms with van der Waals surface area (Å²) >= 11 is 0. The zero-order chi connectivity index (χ0) is 18.7. The molecule has 2 rings (SSSR count). The van der Waals surface area contributed by atoms with Gasteiger partial charge < -0.3 is 18.0 Å². The van der Waals surface area contributed by atoms with Crippen molar-refractivity contribution in [2.24, 2.45) is 0 Å². The lowest BCUT2D eigenvalue weighted by Crippen LogP contribution is -2.53. The first-order chi connectivity index (χ1) is 12.7. The van der Waals surface area contributed by atoms with Gasteiger partial charge in [-0.05, 0) is 25.8 Å². The van der Waals surface area contributed by atoms with Gasteiger partial charge in [0.2, 0.25) is 0 Å². The zero-order valence-corrected chi connectivity index (χ0v) is 17.2. The average molecular weight is 380 g/mol. The van der Waals surface area contributed by atoms with Crippen LogP contribution in [-0.2, 0) is 24.6 Å². The van der Waals surface area contributed by atoms with E-state index in [1.807, 2.05) is 26.0 Å². The minimum atomic E-state index is -2.64. The van der Waals surface area contributed by atoms with Crippen LogP contribution in [0.1, 0.15) is 25.8 Å². The van der Waals surface area contributed by atoms with E-state index in [9.17, 15) is 0 Å². The molecule has 0 amide bonds. The van der Waals surface area contributed by atoms with Crippen molar-refractivity contribution in [3.8, 4) is 0 Å². The molecular formula is C20H33NO4Si. The molecule has 1 saturated heterocycles. The Bertz CT molecular complexity index is 508. The van der Waals surface area contributed by atoms with Gasteiger partial charge in [-0.2, -0.15) is 0 Å². The largest absolute Gasteiger partial charge is 0.501 e. The number of rotatable bonds is 10. The molecule has 1 aromatic carbocycles. The number of hydrogen-bond donors (Lipinski definition) is 0. The van der Waals surface area contributed by atoms with Gasteiger partial charge in [-0.1, -0.05) is 36.4 Å². The number of benzene rings is 1. The van der Waals surface area contributed by atoms with Gasteiger partial charge in [0.25, 0.3) is 0 Å². The molecule has 1 aliphatic heterocycles. The summed E-state index contributed by atoms with van der Waals surface area (Å²) in [5.74, 6) is 0. The molecule has 5 nitrogen and oxygen atoms in total. The molecule has 0 spiro atoms. The van der Waals surface area contributed by atoms with Crippen LogP contribution in [0.5, 0.6) is 0 Å². The molecule has 1 aromatic rings. The van der Waals surface area contributed by atoms with E-state index in [1.165, 1.54) is 5.56 Å². The Morgan fingerprint density at radius 3 is 2.62 bits per heavy atom. The van der Waals surface area contributed by atoms with Crippen LogP contribution >= 0.6 is 0 Å². The van der Waals surface area contributed by atoms with Crippen molar-refractivity contribution in [3.63, 3.8) is 0 Å². The lowest BCUT2D eigenvalue weighted by atomic mass is 10.2. The third-order valence-electron chi connectivity index (χ3n) is 4.25. The molecule has 1 fully saturated rings. The smallest absolute Gasteiger partial charge is 0.379 e. The van der Waals surface area contributed by atoms with Crippen LogP contribution in [0, 0.1) is 0 Å². The summed E-state index contributed by atoms with van der Waals surface area (Å²) in [6.45, 7) is 12.8. The first kappa shape index (κ1) is 21.3. The van der Waals surface area contributed by atoms with Crippen LogP contribution in [0.25, 0.3) is 0 Å². The minimum Gasteiger partial charge on any atom is -0.379 e. The Morgan fingerprint density at radius 1 is 1.23 bits per heavy atom. The second-order valence-electron chi connectivity index (χ2n) is 6.44. The van der Waals surface area contributed by atoms with E-state index in [2.05, 4.69) is 35.7 Å². The molecule has 0 radical (unpaired) electrons. The molecule has 1 heterocycles. The Hall–Kier alpha value is -1.02. The van der Waals surface area contributed by atoms with Crippen molar-refractivity contribution in [2.45, 2.75) is 39.0 Å². The van der Waals surface area contributed by atoms with Gasteiger partial charge in [-0.25, -0.2) is 0 Å². The van der Waals surface area contributed by atoms with Crippen LogP contribution in [0.3, 0.4) is 0 Å². The molecular weight excluding hydrogens is 346 g/mol. The molecule has 146 valence electrons. The second kappa shape index (κ2) is 11.6. The van der Waals surface area contributed by atoms with E-state index < -0.39 is 8.80 Å². The second-order valence-corrected chi connectivity index (χ2v) is 9.11. The molecule has 6 heteroatoms. The highest BCUT2D eigenvalue weighted by Crippen LogP contribution is 2.23. The lowest BCUT2D eigenvalue weighted by molar-refractivity contribution is -0.0361. The summed E-state index contributed by atoms with van der Waals surface area (Å²) in [5, 5.41) is 0. The quantitative estimate of drug-likeness (QED) is 0.460. The third kappa shape index (κ3) is 6.94. The highest BCUT2D eigenvalue weighted by molar-refractivity contribution is 6.60. The van der Waals surface area contributed by atoms with Gasteiger partial charge in [0, 0.05) is 45.5 Å². The van der Waals surface area contributed by atoms with Gasteiger partial charge in [0.1, 0.15) is 0 Å². The maximum absolute atomic E-state index is 6.47. The fourth-order valence-corrected chi connectivity index (χ4v) is 5.99. The summed E-state index contributed by atoms with van der Waals surface area (Å²) in [6.07, 6.45) is 2.78. The van der Waals surface area contributed by atoms with Crippen molar-refractivity contribution in [3.05, 3.63) is 48.6 Å². The van der Waals surface area contributed by atoms with E-state index in [0.29, 0.717) is 19.8 Å². The predicted octanol–water partition coefficient (Wildman–Crippen LogP) is 3.49. The van der Waals surface area contributed by atoms with Gasteiger partial charge in [-0.15, -0.1) is 6.58 Å². The van der Waals surface area contributed by atoms with Crippen molar-refractivity contribution < 1.29 is 18.0 Å². The van der Waals surface area contributed by atoms with E-state index in [4.69, 9.17) is 18.0 Å². The van der Waals surface area contributed by atoms with Crippen LogP contribution in [0.2, 0.25) is 6.04 Å². The summed E-state index contributed by atoms with van der Waals surface area (Å²) in [5.41, 5.74) is 1.28. The maximum Gasteiger partial charge on any atom is 0.501 e. The van der Waals surface area contributed by atoms with E-state index in [1.54, 1.807) is 0 Å². The van der Waals surface area contributed by atoms with Crippen LogP contribution in [0.4, 0.5) is 0 Å². The number of hydrogen-bond acceptors (Lipinski definition) is 5. The Balaban J connectivity index is 2.06. The SMILES string of the molecule is C=CCN(Cc1ccccc1)CC1COCCC[Si](OCC)(OCC)O1. The van der Waals surface area contributed by atoms with E-state index in [0.717, 1.165) is 38.7 Å². The lowest BCUT2D eigenvalue weighted by Gasteiger charge is -2.36. The highest BCUT2D eigenvalue weighted by atomic mass is 28.4. The van der Waals surface area contributed by atoms with Gasteiger partial charge in [0.05, 0.1) is 12.7 Å². The first-order valence-electron chi connectivity index (χ1n) is 9.62. The first-order valence-corrected chi connectivity index (χ1v) is 11.5. The van der Waals surface area contributed by atoms with Crippen molar-refractivity contribution in [1.82, 2.24) is 4.90 Å². The normalized spacial score (nSPS) is 20.5. The zero-order valence-electron chi connectivity index (χ0n) is 16.2. The van der Waals surface area contributed by atoms with E-state index >= 15 is 0 Å². The summed E-state index contributed by atoms with van der Waals surface area (Å²) in [7, 11) is -2.64. The standard InChI is InChI=1S/C20H33NO4Si/c1-4-13-21(16-19-11-8-7-9-12-19)17-20-18-22-14-10-15-26(25-20,23-5-2)24-6-3/h4,7-9,11-12,20H,1,5-6,10,13-18H2,2-3H3. The monoisotopic (exact) mass is 379 g/mol. The molecule has 0 saturated carbocycles. The fraction of sp³-hybridized carbons (Fsp3) is 0.600. The summed E-state index contributed by atoms with van der Waals surface area (Å²) in [6, 6.07) is 11.3. The van der Waals surface area contributed by atoms with Crippen molar-refractivity contribution >= 4 is 8.80 Å². The van der Waals surface area contributed by atoms with Crippen molar-refractivity contribution in [2.75, 3.05) is 39.5 Å². The van der Waals surface area contributed by atoms with Crippen LogP contribution < -0.4 is 0 Å². The molecule has 0 N–H and O–H groups in total. The topological polar surface area (TPSA) is 40.2 Å². The van der Waals surface area contributed by atoms with Crippen LogP contribution in [0.15, 0.2) is 43.0 Å². The molecule has 0 aliphatic carbocycles. The average Bonchev–Trinajstić information content (AvgIpc) is 2.61. The maximum atomic E-state index is 6.47. The fourth-order valence-electron chi connectivity index (χ4n) is 3.25. The minimum absolute atomic E-state index is 0.0660. The number of ether oxygens (including phenoxy) is 1. The van der Waals surface area contributed by atoms with Crippen LogP contribution in [-0.4, -0.2) is 59.3 Å². The molecule has 1 aliphatic rings. The molecule has 26 heavy (non-hydrogen) atoms. The Morgan fingerprint density at radius 2 is 1.96 bits per heavy atom. The molecule has 1 atom stereocenters. The highest BCUT2D eigenvalue weighted by Gasteiger charge is 2.43. The molecule has 0 aromatic heterocycles. The van der Waals surface area contributed by atoms with Gasteiger partial charge in [-0.3, -0.25) is 4.90 Å². The molecule has 0 bridgehead atoms. The number of nitrogens with zero attached hydrogens (tertiary/aromatic N) is 1. The van der Waals surface area contributed by atoms with Crippen molar-refractivity contribution in [1.29, 1.82) is 0 Å². The van der Waals surface area contributed by atoms with E-state index in [-0.39, 0.29) is 6.10 Å². The summed E-state index contributed by atoms with van der Waals surface area (Å²) in [4.78, 5) is 2.33. The Kier molecular flexibility index (Phi) is 9.53. The summed E-state index contributed by atoms with van der Waals surface area (Å²) < 4.78 is 24.3. The Labute approximate surface area is 159 Å². The van der Waals surface area contributed by atoms with Gasteiger partial charge in [0.15, 0.2) is 0 Å². The van der Waals surface area contributed by atoms with Gasteiger partial charge >= 0.3 is 8.80 Å². The molecule has 1 unspecified atom stereocenters. The predicted molar refractivity (Wildman–Crippen MR) is 106 cm³/mol. The third-order valence-corrected chi connectivity index (χ3v) is 7.36.